The van der Waals surface area contributed by atoms with E-state index in [0.29, 0.717) is 16.7 Å². The van der Waals surface area contributed by atoms with E-state index in [4.69, 9.17) is 9.94 Å². The lowest BCUT2D eigenvalue weighted by atomic mass is 10.0. The molecule has 6 nitrogen and oxygen atoms in total. The molecule has 2 aromatic carbocycles. The molecule has 1 amide bonds. The van der Waals surface area contributed by atoms with Gasteiger partial charge in [0, 0.05) is 54.3 Å². The van der Waals surface area contributed by atoms with Crippen molar-refractivity contribution in [1.82, 2.24) is 15.4 Å². The average molecular weight is 431 g/mol. The van der Waals surface area contributed by atoms with Crippen molar-refractivity contribution in [3.8, 4) is 23.0 Å². The highest BCUT2D eigenvalue weighted by atomic mass is 19.1. The van der Waals surface area contributed by atoms with Crippen LogP contribution in [0.2, 0.25) is 0 Å². The number of amides is 1. The molecule has 1 saturated heterocycles. The van der Waals surface area contributed by atoms with E-state index in [1.807, 2.05) is 12.1 Å². The Balaban J connectivity index is 1.46. The SMILES string of the molecule is O=C(NO)c1cncc(-c2ccc(C#Cc3ccc(CN4CCOCC4)cc3)cc2F)c1. The van der Waals surface area contributed by atoms with Crippen LogP contribution in [0.5, 0.6) is 0 Å². The van der Waals surface area contributed by atoms with E-state index < -0.39 is 11.7 Å². The van der Waals surface area contributed by atoms with E-state index in [1.54, 1.807) is 17.6 Å². The van der Waals surface area contributed by atoms with Gasteiger partial charge < -0.3 is 4.74 Å². The zero-order valence-electron chi connectivity index (χ0n) is 17.3. The number of hydrogen-bond donors (Lipinski definition) is 2. The molecule has 32 heavy (non-hydrogen) atoms. The molecular weight excluding hydrogens is 409 g/mol. The minimum absolute atomic E-state index is 0.130. The van der Waals surface area contributed by atoms with Crippen molar-refractivity contribution in [1.29, 1.82) is 0 Å². The van der Waals surface area contributed by atoms with Gasteiger partial charge in [0.1, 0.15) is 5.82 Å². The lowest BCUT2D eigenvalue weighted by Gasteiger charge is -2.26. The first kappa shape index (κ1) is 21.7. The predicted octanol–water partition coefficient (Wildman–Crippen LogP) is 3.24. The molecule has 2 N–H and O–H groups in total. The Bertz CT molecular complexity index is 1160. The molecule has 0 atom stereocenters. The molecule has 1 fully saturated rings. The van der Waals surface area contributed by atoms with E-state index >= 15 is 0 Å². The summed E-state index contributed by atoms with van der Waals surface area (Å²) >= 11 is 0. The zero-order chi connectivity index (χ0) is 22.3. The molecule has 1 aliphatic heterocycles. The minimum Gasteiger partial charge on any atom is -0.379 e. The van der Waals surface area contributed by atoms with Gasteiger partial charge in [0.15, 0.2) is 0 Å². The van der Waals surface area contributed by atoms with Crippen LogP contribution >= 0.6 is 0 Å². The molecule has 4 rings (SSSR count). The second-order valence-corrected chi connectivity index (χ2v) is 7.43. The molecule has 0 bridgehead atoms. The maximum Gasteiger partial charge on any atom is 0.276 e. The molecule has 7 heteroatoms. The molecule has 0 spiro atoms. The standard InChI is InChI=1S/C25H22FN3O3/c26-24-13-19(7-8-23(24)21-14-22(16-27-15-21)25(30)28-31)4-1-18-2-5-20(6-3-18)17-29-9-11-32-12-10-29/h2-3,5-8,13-16,31H,9-12,17H2,(H,28,30). The first-order valence-electron chi connectivity index (χ1n) is 10.2. The van der Waals surface area contributed by atoms with Crippen molar-refractivity contribution in [3.05, 3.63) is 89.0 Å². The first-order valence-corrected chi connectivity index (χ1v) is 10.2. The van der Waals surface area contributed by atoms with Gasteiger partial charge in [-0.05, 0) is 35.9 Å². The van der Waals surface area contributed by atoms with Crippen molar-refractivity contribution >= 4 is 5.91 Å². The third kappa shape index (κ3) is 5.37. The van der Waals surface area contributed by atoms with Gasteiger partial charge in [-0.25, -0.2) is 9.87 Å². The lowest BCUT2D eigenvalue weighted by molar-refractivity contribution is 0.0342. The Morgan fingerprint density at radius 3 is 2.50 bits per heavy atom. The Morgan fingerprint density at radius 2 is 1.78 bits per heavy atom. The van der Waals surface area contributed by atoms with Gasteiger partial charge >= 0.3 is 0 Å². The monoisotopic (exact) mass is 431 g/mol. The number of halogens is 1. The Kier molecular flexibility index (Phi) is 6.87. The van der Waals surface area contributed by atoms with Crippen LogP contribution in [0.1, 0.15) is 27.0 Å². The van der Waals surface area contributed by atoms with E-state index in [0.717, 1.165) is 38.4 Å². The van der Waals surface area contributed by atoms with Gasteiger partial charge in [-0.3, -0.25) is 19.9 Å². The highest BCUT2D eigenvalue weighted by Crippen LogP contribution is 2.24. The van der Waals surface area contributed by atoms with Crippen molar-refractivity contribution in [2.45, 2.75) is 6.54 Å². The van der Waals surface area contributed by atoms with Crippen LogP contribution in [0.25, 0.3) is 11.1 Å². The first-order chi connectivity index (χ1) is 15.6. The Hall–Kier alpha value is -3.57. The summed E-state index contributed by atoms with van der Waals surface area (Å²) < 4.78 is 20.1. The fourth-order valence-electron chi connectivity index (χ4n) is 3.46. The second kappa shape index (κ2) is 10.2. The molecule has 0 unspecified atom stereocenters. The second-order valence-electron chi connectivity index (χ2n) is 7.43. The highest BCUT2D eigenvalue weighted by molar-refractivity contribution is 5.94. The largest absolute Gasteiger partial charge is 0.379 e. The molecule has 0 saturated carbocycles. The van der Waals surface area contributed by atoms with E-state index in [1.165, 1.54) is 30.1 Å². The summed E-state index contributed by atoms with van der Waals surface area (Å²) in [5.74, 6) is 4.88. The Labute approximate surface area is 185 Å². The van der Waals surface area contributed by atoms with Crippen molar-refractivity contribution < 1.29 is 19.1 Å². The number of carbonyl (C=O) groups is 1. The minimum atomic E-state index is -0.710. The number of hydrogen-bond acceptors (Lipinski definition) is 5. The molecule has 2 heterocycles. The van der Waals surface area contributed by atoms with Crippen molar-refractivity contribution in [2.75, 3.05) is 26.3 Å². The van der Waals surface area contributed by atoms with E-state index in [2.05, 4.69) is 33.9 Å². The maximum absolute atomic E-state index is 14.7. The number of benzene rings is 2. The van der Waals surface area contributed by atoms with Crippen LogP contribution in [-0.2, 0) is 11.3 Å². The van der Waals surface area contributed by atoms with Crippen LogP contribution < -0.4 is 5.48 Å². The quantitative estimate of drug-likeness (QED) is 0.377. The smallest absolute Gasteiger partial charge is 0.276 e. The van der Waals surface area contributed by atoms with Gasteiger partial charge in [-0.1, -0.05) is 30.0 Å². The molecule has 3 aromatic rings. The summed E-state index contributed by atoms with van der Waals surface area (Å²) in [4.78, 5) is 17.9. The highest BCUT2D eigenvalue weighted by Gasteiger charge is 2.11. The van der Waals surface area contributed by atoms with Crippen LogP contribution in [0.15, 0.2) is 60.9 Å². The number of pyridine rings is 1. The van der Waals surface area contributed by atoms with Crippen molar-refractivity contribution in [2.24, 2.45) is 0 Å². The van der Waals surface area contributed by atoms with Crippen LogP contribution in [0.3, 0.4) is 0 Å². The molecular formula is C25H22FN3O3. The summed E-state index contributed by atoms with van der Waals surface area (Å²) in [6.07, 6.45) is 2.75. The number of nitrogens with one attached hydrogen (secondary N) is 1. The molecule has 0 radical (unpaired) electrons. The van der Waals surface area contributed by atoms with Crippen molar-refractivity contribution in [3.63, 3.8) is 0 Å². The number of morpholine rings is 1. The van der Waals surface area contributed by atoms with Crippen LogP contribution in [0.4, 0.5) is 4.39 Å². The molecule has 1 aromatic heterocycles. The number of nitrogens with zero attached hydrogens (tertiary/aromatic N) is 2. The third-order valence-corrected chi connectivity index (χ3v) is 5.20. The van der Waals surface area contributed by atoms with Gasteiger partial charge in [-0.15, -0.1) is 0 Å². The number of hydroxylamine groups is 1. The molecule has 162 valence electrons. The Morgan fingerprint density at radius 1 is 1.06 bits per heavy atom. The normalized spacial score (nSPS) is 13.8. The number of rotatable bonds is 4. The summed E-state index contributed by atoms with van der Waals surface area (Å²) in [6.45, 7) is 4.33. The van der Waals surface area contributed by atoms with Gasteiger partial charge in [0.05, 0.1) is 18.8 Å². The topological polar surface area (TPSA) is 74.7 Å². The fraction of sp³-hybridized carbons (Fsp3) is 0.200. The molecule has 0 aliphatic carbocycles. The van der Waals surface area contributed by atoms with Crippen LogP contribution in [-0.4, -0.2) is 47.3 Å². The third-order valence-electron chi connectivity index (χ3n) is 5.20. The summed E-state index contributed by atoms with van der Waals surface area (Å²) in [5.41, 5.74) is 5.01. The summed E-state index contributed by atoms with van der Waals surface area (Å²) in [5, 5.41) is 8.76. The fourth-order valence-corrected chi connectivity index (χ4v) is 3.46. The number of aromatic nitrogens is 1. The number of carbonyl (C=O) groups excluding carboxylic acids is 1. The predicted molar refractivity (Wildman–Crippen MR) is 117 cm³/mol. The summed E-state index contributed by atoms with van der Waals surface area (Å²) in [7, 11) is 0. The van der Waals surface area contributed by atoms with Gasteiger partial charge in [0.25, 0.3) is 5.91 Å². The average Bonchev–Trinajstić information content (AvgIpc) is 2.84. The van der Waals surface area contributed by atoms with Gasteiger partial charge in [0.2, 0.25) is 0 Å². The maximum atomic E-state index is 14.7. The van der Waals surface area contributed by atoms with E-state index in [-0.39, 0.29) is 5.56 Å². The number of ether oxygens (including phenoxy) is 1. The van der Waals surface area contributed by atoms with Gasteiger partial charge in [-0.2, -0.15) is 0 Å². The molecule has 1 aliphatic rings. The van der Waals surface area contributed by atoms with E-state index in [9.17, 15) is 9.18 Å². The van der Waals surface area contributed by atoms with Crippen LogP contribution in [0, 0.1) is 17.7 Å². The lowest BCUT2D eigenvalue weighted by Crippen LogP contribution is -2.35. The zero-order valence-corrected chi connectivity index (χ0v) is 17.3. The summed E-state index contributed by atoms with van der Waals surface area (Å²) in [6, 6.07) is 14.2.